The lowest BCUT2D eigenvalue weighted by molar-refractivity contribution is 0.542. The number of nitrogen functional groups attached to an aromatic ring is 1. The monoisotopic (exact) mass is 304 g/mol. The van der Waals surface area contributed by atoms with Gasteiger partial charge in [-0.1, -0.05) is 0 Å². The molecule has 1 aliphatic rings. The number of thioether (sulfide) groups is 1. The van der Waals surface area contributed by atoms with Crippen molar-refractivity contribution in [3.05, 3.63) is 23.5 Å². The topological polar surface area (TPSA) is 72.2 Å². The molecule has 2 rings (SSSR count). The lowest BCUT2D eigenvalue weighted by atomic mass is 10.2. The smallest absolute Gasteiger partial charge is 0.240 e. The fourth-order valence-electron chi connectivity index (χ4n) is 2.04. The van der Waals surface area contributed by atoms with Crippen molar-refractivity contribution < 1.29 is 12.8 Å². The molecule has 1 aliphatic heterocycles. The molecule has 0 spiro atoms. The van der Waals surface area contributed by atoms with Crippen LogP contribution in [0.3, 0.4) is 0 Å². The summed E-state index contributed by atoms with van der Waals surface area (Å²) in [7, 11) is -3.63. The Morgan fingerprint density at radius 1 is 1.47 bits per heavy atom. The summed E-state index contributed by atoms with van der Waals surface area (Å²) in [5, 5.41) is 0. The third kappa shape index (κ3) is 3.40. The molecule has 1 saturated heterocycles. The average molecular weight is 304 g/mol. The van der Waals surface area contributed by atoms with Crippen LogP contribution in [0.1, 0.15) is 18.4 Å². The molecular weight excluding hydrogens is 287 g/mol. The number of hydrogen-bond acceptors (Lipinski definition) is 4. The zero-order valence-electron chi connectivity index (χ0n) is 10.6. The van der Waals surface area contributed by atoms with Gasteiger partial charge in [0.25, 0.3) is 0 Å². The maximum absolute atomic E-state index is 13.4. The molecule has 1 aromatic carbocycles. The fourth-order valence-corrected chi connectivity index (χ4v) is 4.61. The summed E-state index contributed by atoms with van der Waals surface area (Å²) in [5.41, 5.74) is 5.57. The van der Waals surface area contributed by atoms with E-state index in [2.05, 4.69) is 4.72 Å². The molecule has 1 aromatic rings. The van der Waals surface area contributed by atoms with Crippen molar-refractivity contribution in [2.75, 3.05) is 17.2 Å². The third-order valence-corrected chi connectivity index (χ3v) is 5.76. The zero-order valence-corrected chi connectivity index (χ0v) is 12.3. The number of nitrogens with one attached hydrogen (secondary N) is 1. The molecule has 4 nitrogen and oxygen atoms in total. The Balaban J connectivity index is 2.24. The Hall–Kier alpha value is -0.790. The Labute approximate surface area is 117 Å². The maximum atomic E-state index is 13.4. The van der Waals surface area contributed by atoms with Gasteiger partial charge in [0.15, 0.2) is 0 Å². The van der Waals surface area contributed by atoms with Gasteiger partial charge in [0.05, 0.1) is 10.6 Å². The average Bonchev–Trinajstić information content (AvgIpc) is 2.36. The van der Waals surface area contributed by atoms with E-state index in [0.717, 1.165) is 24.3 Å². The van der Waals surface area contributed by atoms with Gasteiger partial charge in [0.1, 0.15) is 5.82 Å². The van der Waals surface area contributed by atoms with E-state index in [1.54, 1.807) is 11.8 Å². The number of rotatable bonds is 3. The summed E-state index contributed by atoms with van der Waals surface area (Å²) in [6, 6.07) is 2.42. The number of aryl methyl sites for hydroxylation is 1. The lowest BCUT2D eigenvalue weighted by Gasteiger charge is -2.22. The molecule has 0 bridgehead atoms. The van der Waals surface area contributed by atoms with Crippen molar-refractivity contribution in [2.24, 2.45) is 0 Å². The quantitative estimate of drug-likeness (QED) is 0.837. The van der Waals surface area contributed by atoms with Crippen LogP contribution >= 0.6 is 11.8 Å². The fraction of sp³-hybridized carbons (Fsp3) is 0.500. The lowest BCUT2D eigenvalue weighted by Crippen LogP contribution is -2.38. The highest BCUT2D eigenvalue weighted by molar-refractivity contribution is 7.99. The van der Waals surface area contributed by atoms with E-state index >= 15 is 0 Å². The highest BCUT2D eigenvalue weighted by Gasteiger charge is 2.23. The van der Waals surface area contributed by atoms with Crippen LogP contribution in [-0.4, -0.2) is 26.0 Å². The molecule has 0 aromatic heterocycles. The first-order valence-corrected chi connectivity index (χ1v) is 8.69. The molecule has 1 fully saturated rings. The predicted molar refractivity (Wildman–Crippen MR) is 76.2 cm³/mol. The Bertz CT molecular complexity index is 546. The van der Waals surface area contributed by atoms with Crippen molar-refractivity contribution >= 4 is 27.5 Å². The maximum Gasteiger partial charge on any atom is 0.240 e. The highest BCUT2D eigenvalue weighted by atomic mass is 32.2. The van der Waals surface area contributed by atoms with Gasteiger partial charge >= 0.3 is 0 Å². The molecular formula is C12H17FN2O2S2. The molecule has 106 valence electrons. The van der Waals surface area contributed by atoms with Crippen LogP contribution in [0.2, 0.25) is 0 Å². The Morgan fingerprint density at radius 2 is 2.21 bits per heavy atom. The molecule has 19 heavy (non-hydrogen) atoms. The van der Waals surface area contributed by atoms with Crippen LogP contribution in [0.25, 0.3) is 0 Å². The summed E-state index contributed by atoms with van der Waals surface area (Å²) in [6.45, 7) is 1.50. The second-order valence-corrected chi connectivity index (χ2v) is 7.54. The van der Waals surface area contributed by atoms with Gasteiger partial charge < -0.3 is 5.73 Å². The van der Waals surface area contributed by atoms with Crippen molar-refractivity contribution in [1.82, 2.24) is 4.72 Å². The van der Waals surface area contributed by atoms with Gasteiger partial charge in [-0.25, -0.2) is 17.5 Å². The summed E-state index contributed by atoms with van der Waals surface area (Å²) >= 11 is 1.74. The molecule has 0 radical (unpaired) electrons. The number of nitrogens with two attached hydrogens (primary N) is 1. The second-order valence-electron chi connectivity index (χ2n) is 4.68. The van der Waals surface area contributed by atoms with Crippen LogP contribution in [0, 0.1) is 12.7 Å². The van der Waals surface area contributed by atoms with Crippen molar-refractivity contribution in [3.63, 3.8) is 0 Å². The second kappa shape index (κ2) is 5.68. The summed E-state index contributed by atoms with van der Waals surface area (Å²) in [6.07, 6.45) is 1.84. The standard InChI is InChI=1S/C12H17FN2O2S2/c1-8-5-10(6-11(14)12(8)13)19(16,17)15-9-3-2-4-18-7-9/h5-6,9,15H,2-4,7,14H2,1H3. The van der Waals surface area contributed by atoms with Gasteiger partial charge in [0.2, 0.25) is 10.0 Å². The van der Waals surface area contributed by atoms with Gasteiger partial charge in [0, 0.05) is 11.8 Å². The highest BCUT2D eigenvalue weighted by Crippen LogP contribution is 2.23. The Morgan fingerprint density at radius 3 is 2.79 bits per heavy atom. The minimum absolute atomic E-state index is 0.0273. The van der Waals surface area contributed by atoms with Gasteiger partial charge in [-0.05, 0) is 43.2 Å². The molecule has 0 saturated carbocycles. The van der Waals surface area contributed by atoms with E-state index < -0.39 is 15.8 Å². The van der Waals surface area contributed by atoms with E-state index in [1.165, 1.54) is 19.1 Å². The summed E-state index contributed by atoms with van der Waals surface area (Å²) < 4.78 is 40.5. The molecule has 1 heterocycles. The first kappa shape index (κ1) is 14.6. The SMILES string of the molecule is Cc1cc(S(=O)(=O)NC2CCCSC2)cc(N)c1F. The van der Waals surface area contributed by atoms with Crippen LogP contribution in [0.4, 0.5) is 10.1 Å². The Kier molecular flexibility index (Phi) is 4.37. The van der Waals surface area contributed by atoms with Crippen molar-refractivity contribution in [3.8, 4) is 0 Å². The minimum atomic E-state index is -3.63. The molecule has 0 aliphatic carbocycles. The number of anilines is 1. The van der Waals surface area contributed by atoms with Crippen LogP contribution in [0.15, 0.2) is 17.0 Å². The largest absolute Gasteiger partial charge is 0.396 e. The van der Waals surface area contributed by atoms with E-state index in [4.69, 9.17) is 5.73 Å². The molecule has 1 atom stereocenters. The summed E-state index contributed by atoms with van der Waals surface area (Å²) in [4.78, 5) is 0.0273. The molecule has 0 amide bonds. The van der Waals surface area contributed by atoms with Gasteiger partial charge in [-0.3, -0.25) is 0 Å². The normalized spacial score (nSPS) is 20.4. The minimum Gasteiger partial charge on any atom is -0.396 e. The molecule has 3 N–H and O–H groups in total. The summed E-state index contributed by atoms with van der Waals surface area (Å²) in [5.74, 6) is 1.28. The van der Waals surface area contributed by atoms with Crippen molar-refractivity contribution in [2.45, 2.75) is 30.7 Å². The van der Waals surface area contributed by atoms with E-state index in [9.17, 15) is 12.8 Å². The third-order valence-electron chi connectivity index (χ3n) is 3.05. The molecule has 7 heteroatoms. The number of sulfonamides is 1. The van der Waals surface area contributed by atoms with Crippen LogP contribution < -0.4 is 10.5 Å². The molecule has 1 unspecified atom stereocenters. The van der Waals surface area contributed by atoms with Crippen LogP contribution in [0.5, 0.6) is 0 Å². The van der Waals surface area contributed by atoms with Gasteiger partial charge in [-0.2, -0.15) is 11.8 Å². The van der Waals surface area contributed by atoms with E-state index in [1.807, 2.05) is 0 Å². The predicted octanol–water partition coefficient (Wildman–Crippen LogP) is 1.89. The zero-order chi connectivity index (χ0) is 14.0. The van der Waals surface area contributed by atoms with E-state index in [0.29, 0.717) is 0 Å². The number of hydrogen-bond donors (Lipinski definition) is 2. The first-order valence-electron chi connectivity index (χ1n) is 6.06. The van der Waals surface area contributed by atoms with Crippen LogP contribution in [-0.2, 0) is 10.0 Å². The van der Waals surface area contributed by atoms with Crippen molar-refractivity contribution in [1.29, 1.82) is 0 Å². The van der Waals surface area contributed by atoms with E-state index in [-0.39, 0.29) is 22.2 Å². The first-order chi connectivity index (χ1) is 8.90. The number of halogens is 1. The number of benzene rings is 1. The van der Waals surface area contributed by atoms with Gasteiger partial charge in [-0.15, -0.1) is 0 Å².